The van der Waals surface area contributed by atoms with Gasteiger partial charge in [-0.05, 0) is 83.2 Å². The van der Waals surface area contributed by atoms with Crippen LogP contribution in [0.2, 0.25) is 0 Å². The fraction of sp³-hybridized carbons (Fsp3) is 0.475. The zero-order valence-electron chi connectivity index (χ0n) is 31.7. The van der Waals surface area contributed by atoms with E-state index in [1.54, 1.807) is 39.0 Å². The van der Waals surface area contributed by atoms with Crippen molar-refractivity contribution in [1.82, 2.24) is 25.2 Å². The molecular weight excluding hydrogens is 762 g/mol. The number of rotatable bonds is 6. The van der Waals surface area contributed by atoms with E-state index in [2.05, 4.69) is 15.4 Å². The molecule has 2 aliphatic carbocycles. The van der Waals surface area contributed by atoms with Gasteiger partial charge in [0, 0.05) is 29.7 Å². The molecule has 17 heteroatoms. The van der Waals surface area contributed by atoms with Gasteiger partial charge in [-0.15, -0.1) is 0 Å². The highest BCUT2D eigenvalue weighted by atomic mass is 32.2. The highest BCUT2D eigenvalue weighted by Crippen LogP contribution is 2.46. The summed E-state index contributed by atoms with van der Waals surface area (Å²) in [7, 11) is -3.95. The Morgan fingerprint density at radius 3 is 2.67 bits per heavy atom. The van der Waals surface area contributed by atoms with Crippen molar-refractivity contribution < 1.29 is 50.6 Å². The number of benzene rings is 2. The van der Waals surface area contributed by atoms with E-state index in [0.717, 1.165) is 0 Å². The minimum absolute atomic E-state index is 0.100. The fourth-order valence-corrected chi connectivity index (χ4v) is 8.91. The van der Waals surface area contributed by atoms with Crippen LogP contribution in [0.4, 0.5) is 9.18 Å². The van der Waals surface area contributed by atoms with E-state index in [1.807, 2.05) is 18.2 Å². The number of nitrogens with one attached hydrogen (secondary N) is 3. The van der Waals surface area contributed by atoms with Crippen molar-refractivity contribution in [2.75, 3.05) is 19.8 Å². The molecule has 2 saturated carbocycles. The molecule has 2 aliphatic heterocycles. The average Bonchev–Trinajstić information content (AvgIpc) is 4.05. The minimum atomic E-state index is -3.95. The number of nitrogens with zero attached hydrogens (tertiary/aromatic N) is 2. The molecule has 4 aliphatic rings. The van der Waals surface area contributed by atoms with Crippen molar-refractivity contribution in [1.29, 1.82) is 0 Å². The van der Waals surface area contributed by atoms with E-state index in [9.17, 15) is 32.0 Å². The van der Waals surface area contributed by atoms with Gasteiger partial charge in [-0.2, -0.15) is 0 Å². The number of pyridine rings is 1. The largest absolute Gasteiger partial charge is 0.484 e. The molecule has 2 aromatic heterocycles. The van der Waals surface area contributed by atoms with Gasteiger partial charge in [0.15, 0.2) is 11.3 Å². The molecule has 0 bridgehead atoms. The van der Waals surface area contributed by atoms with Crippen molar-refractivity contribution >= 4 is 66.8 Å². The molecule has 5 atom stereocenters. The Labute approximate surface area is 327 Å². The Morgan fingerprint density at radius 1 is 1.11 bits per heavy atom. The Kier molecular flexibility index (Phi) is 9.87. The Balaban J connectivity index is 1.16. The number of ether oxygens (including phenoxy) is 3. The molecule has 4 aromatic rings. The van der Waals surface area contributed by atoms with Crippen molar-refractivity contribution in [2.24, 2.45) is 5.92 Å². The predicted molar refractivity (Wildman–Crippen MR) is 205 cm³/mol. The lowest BCUT2D eigenvalue weighted by atomic mass is 10.1. The third-order valence-electron chi connectivity index (χ3n) is 10.6. The number of amides is 4. The van der Waals surface area contributed by atoms with Crippen LogP contribution >= 0.6 is 0 Å². The van der Waals surface area contributed by atoms with Crippen LogP contribution in [0, 0.1) is 11.7 Å². The van der Waals surface area contributed by atoms with Crippen LogP contribution in [0.1, 0.15) is 59.3 Å². The lowest BCUT2D eigenvalue weighted by Gasteiger charge is -2.30. The van der Waals surface area contributed by atoms with Crippen LogP contribution in [0.15, 0.2) is 59.0 Å². The Bertz CT molecular complexity index is 2430. The maximum Gasteiger partial charge on any atom is 0.408 e. The van der Waals surface area contributed by atoms with Gasteiger partial charge in [0.2, 0.25) is 21.8 Å². The summed E-state index contributed by atoms with van der Waals surface area (Å²) in [6.07, 6.45) is 3.85. The van der Waals surface area contributed by atoms with Crippen molar-refractivity contribution in [3.05, 3.63) is 60.4 Å². The number of para-hydroxylation sites is 1. The minimum Gasteiger partial charge on any atom is -0.484 e. The summed E-state index contributed by atoms with van der Waals surface area (Å²) in [6, 6.07) is 8.77. The van der Waals surface area contributed by atoms with Gasteiger partial charge in [0.25, 0.3) is 5.91 Å². The van der Waals surface area contributed by atoms with Crippen LogP contribution in [-0.4, -0.2) is 96.5 Å². The maximum atomic E-state index is 14.8. The number of carbonyl (C=O) groups is 4. The number of halogens is 1. The molecule has 3 fully saturated rings. The van der Waals surface area contributed by atoms with Crippen LogP contribution in [0.5, 0.6) is 5.75 Å². The summed E-state index contributed by atoms with van der Waals surface area (Å²) in [5.74, 6) is -3.16. The normalized spacial score (nSPS) is 25.9. The first kappa shape index (κ1) is 38.6. The van der Waals surface area contributed by atoms with E-state index in [0.29, 0.717) is 53.1 Å². The molecule has 4 amide bonds. The molecule has 4 heterocycles. The number of hydrogen-bond acceptors (Lipinski definition) is 11. The molecule has 302 valence electrons. The van der Waals surface area contributed by atoms with E-state index in [4.69, 9.17) is 23.6 Å². The number of fused-ring (bicyclic) bond motifs is 6. The first-order chi connectivity index (χ1) is 27.1. The highest BCUT2D eigenvalue weighted by Gasteiger charge is 2.62. The van der Waals surface area contributed by atoms with Gasteiger partial charge in [-0.25, -0.2) is 22.6 Å². The smallest absolute Gasteiger partial charge is 0.408 e. The van der Waals surface area contributed by atoms with Gasteiger partial charge < -0.3 is 34.2 Å². The first-order valence-electron chi connectivity index (χ1n) is 19.1. The Morgan fingerprint density at radius 2 is 1.89 bits per heavy atom. The third kappa shape index (κ3) is 7.86. The van der Waals surface area contributed by atoms with E-state index >= 15 is 0 Å². The number of hydrogen-bond donors (Lipinski definition) is 3. The number of aromatic nitrogens is 1. The number of allylic oxidation sites excluding steroid dienone is 1. The standard InChI is InChI=1S/C40H44FN5O10S/c1-39(2,3)56-38(50)43-29-21-53-16-8-4-5-9-22-19-40(22,37(49)45-57(51,52)25-13-14-25)44-35(47)30-18-24(20-46(30)36(29)48)54-33-27-17-23(41)12-15-28(27)42-32-26-10-6-7-11-31(26)55-34(32)33/h5-7,9-12,15,17,22,24-25,29-30H,4,8,13-14,16,18-21H2,1-3H3,(H,43,50)(H,44,47)(H,45,49)/t22-,24-,29+,30+,40-/m1/s1. The summed E-state index contributed by atoms with van der Waals surface area (Å²) in [4.78, 5) is 61.9. The summed E-state index contributed by atoms with van der Waals surface area (Å²) in [6.45, 7) is 4.85. The molecule has 8 rings (SSSR count). The third-order valence-corrected chi connectivity index (χ3v) is 12.4. The van der Waals surface area contributed by atoms with Gasteiger partial charge in [0.05, 0.1) is 23.9 Å². The second kappa shape index (κ2) is 14.6. The molecule has 0 radical (unpaired) electrons. The quantitative estimate of drug-likeness (QED) is 0.234. The molecule has 0 spiro atoms. The molecule has 2 aromatic carbocycles. The molecule has 0 unspecified atom stereocenters. The van der Waals surface area contributed by atoms with E-state index in [-0.39, 0.29) is 43.9 Å². The second-order valence-corrected chi connectivity index (χ2v) is 18.1. The lowest BCUT2D eigenvalue weighted by Crippen LogP contribution is -2.59. The number of alkyl carbamates (subject to hydrolysis) is 1. The number of carbonyl (C=O) groups excluding carboxylic acids is 4. The van der Waals surface area contributed by atoms with Crippen molar-refractivity contribution in [3.8, 4) is 5.75 Å². The molecule has 57 heavy (non-hydrogen) atoms. The van der Waals surface area contributed by atoms with Gasteiger partial charge in [-0.3, -0.25) is 19.1 Å². The van der Waals surface area contributed by atoms with Crippen molar-refractivity contribution in [2.45, 2.75) is 93.9 Å². The van der Waals surface area contributed by atoms with Gasteiger partial charge in [-0.1, -0.05) is 24.3 Å². The Hall–Kier alpha value is -5.29. The summed E-state index contributed by atoms with van der Waals surface area (Å²) >= 11 is 0. The number of sulfonamides is 1. The first-order valence-corrected chi connectivity index (χ1v) is 20.7. The molecular formula is C40H44FN5O10S. The van der Waals surface area contributed by atoms with Crippen LogP contribution in [-0.2, 0) is 33.9 Å². The maximum absolute atomic E-state index is 14.8. The summed E-state index contributed by atoms with van der Waals surface area (Å²) in [5.41, 5.74) is -0.812. The average molecular weight is 806 g/mol. The zero-order valence-corrected chi connectivity index (χ0v) is 32.5. The highest BCUT2D eigenvalue weighted by molar-refractivity contribution is 7.91. The van der Waals surface area contributed by atoms with Crippen LogP contribution in [0.25, 0.3) is 33.0 Å². The van der Waals surface area contributed by atoms with Crippen LogP contribution < -0.4 is 20.1 Å². The van der Waals surface area contributed by atoms with Gasteiger partial charge >= 0.3 is 6.09 Å². The fourth-order valence-electron chi connectivity index (χ4n) is 7.54. The zero-order chi connectivity index (χ0) is 40.3. The molecule has 3 N–H and O–H groups in total. The van der Waals surface area contributed by atoms with E-state index < -0.39 is 80.2 Å². The molecule has 1 saturated heterocycles. The summed E-state index contributed by atoms with van der Waals surface area (Å²) < 4.78 is 66.9. The SMILES string of the molecule is CC(C)(C)OC(=O)N[C@H]1COCCCC=C[C@@H]2C[C@@]2(C(=O)NS(=O)(=O)C2CC2)NC(=O)[C@@H]2C[C@@H](Oc3c4cc(F)ccc4nc4c3oc3ccccc34)CN2C1=O. The predicted octanol–water partition coefficient (Wildman–Crippen LogP) is 4.36. The lowest BCUT2D eigenvalue weighted by molar-refractivity contribution is -0.142. The monoisotopic (exact) mass is 805 g/mol. The second-order valence-electron chi connectivity index (χ2n) is 16.2. The molecule has 15 nitrogen and oxygen atoms in total. The summed E-state index contributed by atoms with van der Waals surface area (Å²) in [5, 5.41) is 5.77. The van der Waals surface area contributed by atoms with Crippen LogP contribution in [0.3, 0.4) is 0 Å². The van der Waals surface area contributed by atoms with Gasteiger partial charge in [0.1, 0.15) is 46.2 Å². The topological polar surface area (TPSA) is 195 Å². The van der Waals surface area contributed by atoms with E-state index in [1.165, 1.54) is 23.1 Å². The number of furan rings is 1. The van der Waals surface area contributed by atoms with Crippen molar-refractivity contribution in [3.63, 3.8) is 0 Å².